The molecule has 4 rings (SSSR count). The number of hydrogen-bond acceptors (Lipinski definition) is 5. The van der Waals surface area contributed by atoms with Crippen LogP contribution in [-0.4, -0.2) is 23.1 Å². The first kappa shape index (κ1) is 20.9. The molecule has 0 amide bonds. The number of thioether (sulfide) groups is 1. The maximum Gasteiger partial charge on any atom is 0.256 e. The van der Waals surface area contributed by atoms with Crippen molar-refractivity contribution in [3.8, 4) is 5.75 Å². The van der Waals surface area contributed by atoms with E-state index >= 15 is 0 Å². The van der Waals surface area contributed by atoms with Crippen LogP contribution >= 0.6 is 11.8 Å². The summed E-state index contributed by atoms with van der Waals surface area (Å²) in [5.41, 5.74) is 4.54. The number of ketones is 1. The Morgan fingerprint density at radius 1 is 1.03 bits per heavy atom. The zero-order chi connectivity index (χ0) is 21.5. The number of oxazole rings is 1. The molecule has 0 aliphatic heterocycles. The third kappa shape index (κ3) is 5.86. The molecule has 4 aromatic rings. The molecule has 1 aromatic heterocycles. The van der Waals surface area contributed by atoms with Crippen LogP contribution in [0, 0.1) is 6.92 Å². The summed E-state index contributed by atoms with van der Waals surface area (Å²) in [5, 5.41) is 0.683. The van der Waals surface area contributed by atoms with Crippen LogP contribution in [0.1, 0.15) is 27.9 Å². The summed E-state index contributed by atoms with van der Waals surface area (Å²) in [6.45, 7) is 2.63. The van der Waals surface area contributed by atoms with Gasteiger partial charge in [-0.2, -0.15) is 0 Å². The molecule has 0 saturated carbocycles. The molecule has 0 spiro atoms. The SMILES string of the molecule is Cc1ccc(/C=C/C(=O)c2ccc(OCCCSc3nc4ccccc4o3)cc2)cc1. The largest absolute Gasteiger partial charge is 0.494 e. The second kappa shape index (κ2) is 10.1. The number of hydrogen-bond donors (Lipinski definition) is 0. The number of benzene rings is 3. The second-order valence-electron chi connectivity index (χ2n) is 7.13. The number of carbonyl (C=O) groups excluding carboxylic acids is 1. The Balaban J connectivity index is 1.21. The molecule has 0 N–H and O–H groups in total. The molecule has 31 heavy (non-hydrogen) atoms. The Labute approximate surface area is 186 Å². The average Bonchev–Trinajstić information content (AvgIpc) is 3.21. The number of rotatable bonds is 9. The molecular weight excluding hydrogens is 406 g/mol. The van der Waals surface area contributed by atoms with Gasteiger partial charge in [-0.1, -0.05) is 59.8 Å². The Bertz CT molecular complexity index is 1140. The van der Waals surface area contributed by atoms with Crippen LogP contribution in [0.5, 0.6) is 5.75 Å². The first-order valence-corrected chi connectivity index (χ1v) is 11.2. The molecule has 0 unspecified atom stereocenters. The summed E-state index contributed by atoms with van der Waals surface area (Å²) >= 11 is 1.58. The Kier molecular flexibility index (Phi) is 6.85. The van der Waals surface area contributed by atoms with E-state index < -0.39 is 0 Å². The lowest BCUT2D eigenvalue weighted by Crippen LogP contribution is -2.00. The van der Waals surface area contributed by atoms with E-state index in [0.717, 1.165) is 34.6 Å². The van der Waals surface area contributed by atoms with Crippen LogP contribution in [0.4, 0.5) is 0 Å². The van der Waals surface area contributed by atoms with E-state index in [1.807, 2.05) is 73.7 Å². The molecule has 3 aromatic carbocycles. The van der Waals surface area contributed by atoms with Crippen molar-refractivity contribution in [2.24, 2.45) is 0 Å². The fourth-order valence-electron chi connectivity index (χ4n) is 2.98. The van der Waals surface area contributed by atoms with Crippen LogP contribution in [0.2, 0.25) is 0 Å². The van der Waals surface area contributed by atoms with E-state index in [2.05, 4.69) is 4.98 Å². The van der Waals surface area contributed by atoms with Crippen LogP contribution in [0.3, 0.4) is 0 Å². The topological polar surface area (TPSA) is 52.3 Å². The van der Waals surface area contributed by atoms with Gasteiger partial charge >= 0.3 is 0 Å². The van der Waals surface area contributed by atoms with E-state index in [1.54, 1.807) is 30.0 Å². The van der Waals surface area contributed by atoms with Crippen molar-refractivity contribution in [1.82, 2.24) is 4.98 Å². The Morgan fingerprint density at radius 2 is 1.81 bits per heavy atom. The summed E-state index contributed by atoms with van der Waals surface area (Å²) < 4.78 is 11.5. The molecule has 5 heteroatoms. The zero-order valence-electron chi connectivity index (χ0n) is 17.3. The highest BCUT2D eigenvalue weighted by Gasteiger charge is 2.06. The molecule has 0 aliphatic rings. The number of carbonyl (C=O) groups is 1. The van der Waals surface area contributed by atoms with E-state index in [4.69, 9.17) is 9.15 Å². The van der Waals surface area contributed by atoms with Crippen LogP contribution in [0.25, 0.3) is 17.2 Å². The first-order valence-electron chi connectivity index (χ1n) is 10.2. The zero-order valence-corrected chi connectivity index (χ0v) is 18.1. The summed E-state index contributed by atoms with van der Waals surface area (Å²) in [4.78, 5) is 16.8. The normalized spacial score (nSPS) is 11.3. The van der Waals surface area contributed by atoms with Crippen LogP contribution in [-0.2, 0) is 0 Å². The van der Waals surface area contributed by atoms with Gasteiger partial charge in [0.15, 0.2) is 11.4 Å². The fourth-order valence-corrected chi connectivity index (χ4v) is 3.73. The van der Waals surface area contributed by atoms with Gasteiger partial charge in [0.25, 0.3) is 5.22 Å². The first-order chi connectivity index (χ1) is 15.2. The number of nitrogens with zero attached hydrogens (tertiary/aromatic N) is 1. The molecule has 0 radical (unpaired) electrons. The number of fused-ring (bicyclic) bond motifs is 1. The van der Waals surface area contributed by atoms with Gasteiger partial charge in [0.2, 0.25) is 0 Å². The highest BCUT2D eigenvalue weighted by Crippen LogP contribution is 2.23. The highest BCUT2D eigenvalue weighted by molar-refractivity contribution is 7.99. The average molecular weight is 430 g/mol. The van der Waals surface area contributed by atoms with Crippen LogP contribution in [0.15, 0.2) is 88.5 Å². The third-order valence-electron chi connectivity index (χ3n) is 4.70. The Hall–Kier alpha value is -3.31. The van der Waals surface area contributed by atoms with Gasteiger partial charge in [0.05, 0.1) is 6.61 Å². The predicted molar refractivity (Wildman–Crippen MR) is 126 cm³/mol. The van der Waals surface area contributed by atoms with Gasteiger partial charge < -0.3 is 9.15 Å². The van der Waals surface area contributed by atoms with Crippen molar-refractivity contribution in [2.45, 2.75) is 18.6 Å². The minimum atomic E-state index is -0.0261. The number of para-hydroxylation sites is 2. The Morgan fingerprint density at radius 3 is 2.58 bits per heavy atom. The number of aromatic nitrogens is 1. The van der Waals surface area contributed by atoms with Crippen molar-refractivity contribution in [1.29, 1.82) is 0 Å². The van der Waals surface area contributed by atoms with E-state index in [0.29, 0.717) is 17.4 Å². The molecule has 1 heterocycles. The van der Waals surface area contributed by atoms with Gasteiger partial charge in [0.1, 0.15) is 11.3 Å². The monoisotopic (exact) mass is 429 g/mol. The summed E-state index contributed by atoms with van der Waals surface area (Å²) in [6.07, 6.45) is 4.30. The molecule has 0 bridgehead atoms. The molecule has 0 aliphatic carbocycles. The number of ether oxygens (including phenoxy) is 1. The lowest BCUT2D eigenvalue weighted by molar-refractivity contribution is 0.104. The quantitative estimate of drug-likeness (QED) is 0.130. The highest BCUT2D eigenvalue weighted by atomic mass is 32.2. The second-order valence-corrected chi connectivity index (χ2v) is 8.18. The fraction of sp³-hybridized carbons (Fsp3) is 0.154. The lowest BCUT2D eigenvalue weighted by atomic mass is 10.1. The molecule has 0 fully saturated rings. The predicted octanol–water partition coefficient (Wildman–Crippen LogP) is 6.59. The smallest absolute Gasteiger partial charge is 0.256 e. The molecule has 156 valence electrons. The summed E-state index contributed by atoms with van der Waals surface area (Å²) in [7, 11) is 0. The van der Waals surface area contributed by atoms with Crippen molar-refractivity contribution in [2.75, 3.05) is 12.4 Å². The van der Waals surface area contributed by atoms with E-state index in [1.165, 1.54) is 5.56 Å². The van der Waals surface area contributed by atoms with Gasteiger partial charge in [-0.25, -0.2) is 4.98 Å². The maximum atomic E-state index is 12.3. The maximum absolute atomic E-state index is 12.3. The van der Waals surface area contributed by atoms with E-state index in [-0.39, 0.29) is 5.78 Å². The number of allylic oxidation sites excluding steroid dienone is 1. The molecule has 4 nitrogen and oxygen atoms in total. The number of aryl methyl sites for hydroxylation is 1. The van der Waals surface area contributed by atoms with Crippen molar-refractivity contribution in [3.63, 3.8) is 0 Å². The molecule has 0 saturated heterocycles. The molecule has 0 atom stereocenters. The van der Waals surface area contributed by atoms with Crippen molar-refractivity contribution < 1.29 is 13.9 Å². The van der Waals surface area contributed by atoms with Crippen LogP contribution < -0.4 is 4.74 Å². The van der Waals surface area contributed by atoms with Gasteiger partial charge in [-0.15, -0.1) is 0 Å². The van der Waals surface area contributed by atoms with Gasteiger partial charge in [-0.3, -0.25) is 4.79 Å². The van der Waals surface area contributed by atoms with Gasteiger partial charge in [-0.05, 0) is 61.4 Å². The van der Waals surface area contributed by atoms with E-state index in [9.17, 15) is 4.79 Å². The van der Waals surface area contributed by atoms with Gasteiger partial charge in [0, 0.05) is 11.3 Å². The minimum Gasteiger partial charge on any atom is -0.494 e. The van der Waals surface area contributed by atoms with Crippen molar-refractivity contribution in [3.05, 3.63) is 95.6 Å². The summed E-state index contributed by atoms with van der Waals surface area (Å²) in [6, 6.07) is 23.1. The standard InChI is InChI=1S/C26H23NO3S/c1-19-7-9-20(10-8-19)11-16-24(28)21-12-14-22(15-13-21)29-17-4-18-31-26-27-23-5-2-3-6-25(23)30-26/h2-3,5-16H,4,17-18H2,1H3/b16-11+. The van der Waals surface area contributed by atoms with Crippen molar-refractivity contribution >= 4 is 34.7 Å². The third-order valence-corrected chi connectivity index (χ3v) is 5.61. The summed E-state index contributed by atoms with van der Waals surface area (Å²) in [5.74, 6) is 1.58. The lowest BCUT2D eigenvalue weighted by Gasteiger charge is -2.06. The minimum absolute atomic E-state index is 0.0261. The molecular formula is C26H23NO3S.